The predicted molar refractivity (Wildman–Crippen MR) is 115 cm³/mol. The van der Waals surface area contributed by atoms with E-state index in [0.717, 1.165) is 37.5 Å². The van der Waals surface area contributed by atoms with Crippen molar-refractivity contribution in [1.29, 1.82) is 0 Å². The summed E-state index contributed by atoms with van der Waals surface area (Å²) in [5, 5.41) is 3.51. The van der Waals surface area contributed by atoms with Crippen molar-refractivity contribution in [3.63, 3.8) is 0 Å². The number of guanidine groups is 1. The average molecular weight is 406 g/mol. The minimum atomic E-state index is -0.235. The number of nitrogens with one attached hydrogen (secondary N) is 1. The number of carbonyl (C=O) groups excluding carboxylic acids is 1. The molecule has 1 amide bonds. The van der Waals surface area contributed by atoms with Crippen LogP contribution in [0.3, 0.4) is 0 Å². The zero-order chi connectivity index (χ0) is 21.4. The van der Waals surface area contributed by atoms with Gasteiger partial charge in [0.25, 0.3) is 0 Å². The molecule has 0 spiro atoms. The second kappa shape index (κ2) is 10.9. The zero-order valence-electron chi connectivity index (χ0n) is 18.3. The van der Waals surface area contributed by atoms with Crippen LogP contribution >= 0.6 is 0 Å². The quantitative estimate of drug-likeness (QED) is 0.503. The van der Waals surface area contributed by atoms with Crippen LogP contribution in [-0.2, 0) is 4.79 Å². The fourth-order valence-corrected chi connectivity index (χ4v) is 3.89. The van der Waals surface area contributed by atoms with E-state index in [1.54, 1.807) is 21.3 Å². The Bertz CT molecular complexity index is 708. The fraction of sp³-hybridized carbons (Fsp3) is 0.619. The Morgan fingerprint density at radius 1 is 1.34 bits per heavy atom. The topological polar surface area (TPSA) is 92.4 Å². The van der Waals surface area contributed by atoms with Gasteiger partial charge >= 0.3 is 0 Å². The molecule has 0 aromatic heterocycles. The zero-order valence-corrected chi connectivity index (χ0v) is 18.3. The van der Waals surface area contributed by atoms with E-state index in [0.29, 0.717) is 24.5 Å². The highest BCUT2D eigenvalue weighted by molar-refractivity contribution is 5.80. The van der Waals surface area contributed by atoms with Gasteiger partial charge in [0, 0.05) is 33.1 Å². The van der Waals surface area contributed by atoms with Crippen LogP contribution in [0.4, 0.5) is 0 Å². The summed E-state index contributed by atoms with van der Waals surface area (Å²) in [6.45, 7) is 2.41. The Balaban J connectivity index is 2.08. The first-order valence-electron chi connectivity index (χ1n) is 10.0. The number of amides is 1. The van der Waals surface area contributed by atoms with Gasteiger partial charge in [-0.1, -0.05) is 6.07 Å². The highest BCUT2D eigenvalue weighted by Crippen LogP contribution is 2.31. The van der Waals surface area contributed by atoms with Gasteiger partial charge < -0.3 is 30.3 Å². The van der Waals surface area contributed by atoms with Gasteiger partial charge in [-0.05, 0) is 50.6 Å². The van der Waals surface area contributed by atoms with Crippen LogP contribution in [-0.4, -0.2) is 76.7 Å². The Hall–Kier alpha value is -2.48. The molecular formula is C21H35N5O3. The number of primary amides is 1. The number of hydrogen-bond acceptors (Lipinski definition) is 5. The monoisotopic (exact) mass is 405 g/mol. The molecule has 2 atom stereocenters. The number of hydrogen-bond donors (Lipinski definition) is 2. The lowest BCUT2D eigenvalue weighted by Crippen LogP contribution is -2.48. The van der Waals surface area contributed by atoms with E-state index in [1.807, 2.05) is 12.1 Å². The van der Waals surface area contributed by atoms with E-state index in [1.165, 1.54) is 0 Å². The Kier molecular flexibility index (Phi) is 8.57. The molecule has 1 saturated heterocycles. The maximum absolute atomic E-state index is 11.3. The number of benzene rings is 1. The molecule has 1 fully saturated rings. The van der Waals surface area contributed by atoms with Gasteiger partial charge in [0.05, 0.1) is 20.3 Å². The average Bonchev–Trinajstić information content (AvgIpc) is 2.70. The SMILES string of the molecule is CN=C(NCC(c1ccc(OC)c(OC)c1)N(C)C)N1CCCC(CC(N)=O)C1. The summed E-state index contributed by atoms with van der Waals surface area (Å²) in [7, 11) is 9.17. The van der Waals surface area contributed by atoms with Crippen molar-refractivity contribution in [3.05, 3.63) is 23.8 Å². The Morgan fingerprint density at radius 2 is 2.07 bits per heavy atom. The van der Waals surface area contributed by atoms with Gasteiger partial charge in [0.1, 0.15) is 0 Å². The smallest absolute Gasteiger partial charge is 0.217 e. The summed E-state index contributed by atoms with van der Waals surface area (Å²) in [6, 6.07) is 6.12. The lowest BCUT2D eigenvalue weighted by atomic mass is 9.95. The molecule has 1 heterocycles. The third kappa shape index (κ3) is 6.25. The van der Waals surface area contributed by atoms with Crippen molar-refractivity contribution in [1.82, 2.24) is 15.1 Å². The molecule has 1 aromatic carbocycles. The second-order valence-electron chi connectivity index (χ2n) is 7.65. The number of carbonyl (C=O) groups is 1. The summed E-state index contributed by atoms with van der Waals surface area (Å²) < 4.78 is 10.8. The van der Waals surface area contributed by atoms with Crippen LogP contribution in [0.25, 0.3) is 0 Å². The lowest BCUT2D eigenvalue weighted by molar-refractivity contribution is -0.119. The van der Waals surface area contributed by atoms with Crippen LogP contribution in [0.1, 0.15) is 30.9 Å². The fourth-order valence-electron chi connectivity index (χ4n) is 3.89. The van der Waals surface area contributed by atoms with Crippen LogP contribution in [0.5, 0.6) is 11.5 Å². The number of methoxy groups -OCH3 is 2. The van der Waals surface area contributed by atoms with E-state index in [9.17, 15) is 4.79 Å². The first-order chi connectivity index (χ1) is 13.9. The van der Waals surface area contributed by atoms with Gasteiger partial charge in [-0.25, -0.2) is 0 Å². The molecule has 1 aliphatic rings. The third-order valence-corrected chi connectivity index (χ3v) is 5.39. The first kappa shape index (κ1) is 22.8. The first-order valence-corrected chi connectivity index (χ1v) is 10.0. The maximum Gasteiger partial charge on any atom is 0.217 e. The van der Waals surface area contributed by atoms with Crippen LogP contribution in [0.15, 0.2) is 23.2 Å². The molecular weight excluding hydrogens is 370 g/mol. The summed E-state index contributed by atoms with van der Waals surface area (Å²) >= 11 is 0. The number of likely N-dealkylation sites (N-methyl/N-ethyl adjacent to an activating group) is 1. The number of piperidine rings is 1. The minimum Gasteiger partial charge on any atom is -0.493 e. The molecule has 0 radical (unpaired) electrons. The van der Waals surface area contributed by atoms with Crippen molar-refractivity contribution < 1.29 is 14.3 Å². The Labute approximate surface area is 174 Å². The van der Waals surface area contributed by atoms with Crippen molar-refractivity contribution >= 4 is 11.9 Å². The highest BCUT2D eigenvalue weighted by atomic mass is 16.5. The molecule has 29 heavy (non-hydrogen) atoms. The van der Waals surface area contributed by atoms with Crippen molar-refractivity contribution in [3.8, 4) is 11.5 Å². The number of rotatable bonds is 8. The summed E-state index contributed by atoms with van der Waals surface area (Å²) in [5.41, 5.74) is 6.52. The lowest BCUT2D eigenvalue weighted by Gasteiger charge is -2.35. The number of ether oxygens (including phenoxy) is 2. The molecule has 8 heteroatoms. The summed E-state index contributed by atoms with van der Waals surface area (Å²) in [6.07, 6.45) is 2.49. The predicted octanol–water partition coefficient (Wildman–Crippen LogP) is 1.47. The van der Waals surface area contributed by atoms with E-state index in [-0.39, 0.29) is 17.9 Å². The van der Waals surface area contributed by atoms with Gasteiger partial charge in [-0.3, -0.25) is 9.79 Å². The number of nitrogens with two attached hydrogens (primary N) is 1. The second-order valence-corrected chi connectivity index (χ2v) is 7.65. The summed E-state index contributed by atoms with van der Waals surface area (Å²) in [4.78, 5) is 20.1. The normalized spacial score (nSPS) is 18.5. The van der Waals surface area contributed by atoms with Gasteiger partial charge in [-0.15, -0.1) is 0 Å². The molecule has 2 unspecified atom stereocenters. The van der Waals surface area contributed by atoms with Crippen LogP contribution < -0.4 is 20.5 Å². The molecule has 0 saturated carbocycles. The van der Waals surface area contributed by atoms with E-state index in [4.69, 9.17) is 15.2 Å². The van der Waals surface area contributed by atoms with E-state index in [2.05, 4.69) is 40.3 Å². The maximum atomic E-state index is 11.3. The molecule has 8 nitrogen and oxygen atoms in total. The van der Waals surface area contributed by atoms with Gasteiger partial charge in [0.2, 0.25) is 5.91 Å². The molecule has 2 rings (SSSR count). The van der Waals surface area contributed by atoms with Crippen LogP contribution in [0, 0.1) is 5.92 Å². The van der Waals surface area contributed by atoms with Crippen molar-refractivity contribution in [2.75, 3.05) is 55.0 Å². The third-order valence-electron chi connectivity index (χ3n) is 5.39. The van der Waals surface area contributed by atoms with E-state index >= 15 is 0 Å². The molecule has 3 N–H and O–H groups in total. The van der Waals surface area contributed by atoms with Gasteiger partial charge in [-0.2, -0.15) is 0 Å². The number of aliphatic imine (C=N–C) groups is 1. The number of nitrogens with zero attached hydrogens (tertiary/aromatic N) is 3. The Morgan fingerprint density at radius 3 is 2.66 bits per heavy atom. The summed E-state index contributed by atoms with van der Waals surface area (Å²) in [5.74, 6) is 2.33. The molecule has 162 valence electrons. The molecule has 1 aromatic rings. The molecule has 0 bridgehead atoms. The highest BCUT2D eigenvalue weighted by Gasteiger charge is 2.24. The minimum absolute atomic E-state index is 0.123. The van der Waals surface area contributed by atoms with Crippen molar-refractivity contribution in [2.24, 2.45) is 16.6 Å². The molecule has 0 aliphatic carbocycles. The largest absolute Gasteiger partial charge is 0.493 e. The van der Waals surface area contributed by atoms with Crippen molar-refractivity contribution in [2.45, 2.75) is 25.3 Å². The van der Waals surface area contributed by atoms with E-state index < -0.39 is 0 Å². The molecule has 1 aliphatic heterocycles. The van der Waals surface area contributed by atoms with Gasteiger partial charge in [0.15, 0.2) is 17.5 Å². The van der Waals surface area contributed by atoms with Crippen LogP contribution in [0.2, 0.25) is 0 Å². The standard InChI is InChI=1S/C21H35N5O3/c1-23-21(26-10-6-7-15(14-26)11-20(22)27)24-13-17(25(2)3)16-8-9-18(28-4)19(12-16)29-5/h8-9,12,15,17H,6-7,10-11,13-14H2,1-5H3,(H2,22,27)(H,23,24). The number of likely N-dealkylation sites (tertiary alicyclic amines) is 1.